The fourth-order valence-corrected chi connectivity index (χ4v) is 4.49. The van der Waals surface area contributed by atoms with E-state index in [1.54, 1.807) is 6.08 Å². The van der Waals surface area contributed by atoms with Gasteiger partial charge in [-0.3, -0.25) is 4.79 Å². The van der Waals surface area contributed by atoms with Gasteiger partial charge < -0.3 is 4.74 Å². The Morgan fingerprint density at radius 3 is 2.22 bits per heavy atom. The van der Waals surface area contributed by atoms with Crippen molar-refractivity contribution in [1.82, 2.24) is 0 Å². The van der Waals surface area contributed by atoms with E-state index in [2.05, 4.69) is 45.9 Å². The van der Waals surface area contributed by atoms with Crippen molar-refractivity contribution >= 4 is 23.6 Å². The van der Waals surface area contributed by atoms with E-state index in [1.165, 1.54) is 49.8 Å². The SMILES string of the molecule is CCCCCCCCCCOc1cc(SC(C)(C)C)ccc1C=CC(=O)c1ccccc1. The van der Waals surface area contributed by atoms with Crippen LogP contribution in [0.5, 0.6) is 5.75 Å². The molecular weight excluding hydrogens is 412 g/mol. The predicted octanol–water partition coefficient (Wildman–Crippen LogP) is 8.99. The van der Waals surface area contributed by atoms with Crippen molar-refractivity contribution in [3.8, 4) is 5.75 Å². The number of carbonyl (C=O) groups excluding carboxylic acids is 1. The lowest BCUT2D eigenvalue weighted by Crippen LogP contribution is -2.07. The van der Waals surface area contributed by atoms with Crippen LogP contribution >= 0.6 is 11.8 Å². The molecule has 0 N–H and O–H groups in total. The third-order valence-electron chi connectivity index (χ3n) is 5.14. The molecule has 0 fully saturated rings. The van der Waals surface area contributed by atoms with Gasteiger partial charge in [-0.25, -0.2) is 0 Å². The van der Waals surface area contributed by atoms with Crippen LogP contribution in [-0.2, 0) is 0 Å². The van der Waals surface area contributed by atoms with Crippen LogP contribution in [0, 0.1) is 0 Å². The summed E-state index contributed by atoms with van der Waals surface area (Å²) in [6.45, 7) is 9.61. The van der Waals surface area contributed by atoms with Crippen molar-refractivity contribution in [2.75, 3.05) is 6.61 Å². The minimum atomic E-state index is 0.00719. The van der Waals surface area contributed by atoms with E-state index in [0.29, 0.717) is 12.2 Å². The van der Waals surface area contributed by atoms with Crippen molar-refractivity contribution < 1.29 is 9.53 Å². The maximum absolute atomic E-state index is 12.5. The predicted molar refractivity (Wildman–Crippen MR) is 140 cm³/mol. The maximum atomic E-state index is 12.5. The lowest BCUT2D eigenvalue weighted by molar-refractivity contribution is 0.104. The second kappa shape index (κ2) is 14.2. The molecule has 0 radical (unpaired) electrons. The molecule has 3 heteroatoms. The fraction of sp³-hybridized carbons (Fsp3) is 0.483. The first-order valence-electron chi connectivity index (χ1n) is 12.1. The summed E-state index contributed by atoms with van der Waals surface area (Å²) in [5.41, 5.74) is 1.65. The lowest BCUT2D eigenvalue weighted by atomic mass is 10.1. The van der Waals surface area contributed by atoms with Crippen LogP contribution in [-0.4, -0.2) is 17.1 Å². The molecule has 0 atom stereocenters. The second-order valence-electron chi connectivity index (χ2n) is 9.30. The Bertz CT molecular complexity index is 834. The number of hydrogen-bond donors (Lipinski definition) is 0. The summed E-state index contributed by atoms with van der Waals surface area (Å²) in [6, 6.07) is 15.7. The molecule has 0 amide bonds. The number of benzene rings is 2. The smallest absolute Gasteiger partial charge is 0.185 e. The minimum absolute atomic E-state index is 0.00719. The van der Waals surface area contributed by atoms with Crippen molar-refractivity contribution in [2.24, 2.45) is 0 Å². The molecule has 174 valence electrons. The van der Waals surface area contributed by atoms with E-state index in [-0.39, 0.29) is 10.5 Å². The summed E-state index contributed by atoms with van der Waals surface area (Å²) < 4.78 is 6.33. The zero-order chi connectivity index (χ0) is 23.2. The molecule has 0 saturated heterocycles. The standard InChI is InChI=1S/C29H40O2S/c1-5-6-7-8-9-10-11-15-22-31-28-23-26(32-29(2,3)4)20-18-25(28)19-21-27(30)24-16-13-12-14-17-24/h12-14,16-21,23H,5-11,15,22H2,1-4H3. The highest BCUT2D eigenvalue weighted by Crippen LogP contribution is 2.35. The average molecular weight is 453 g/mol. The molecule has 0 spiro atoms. The van der Waals surface area contributed by atoms with Gasteiger partial charge >= 0.3 is 0 Å². The minimum Gasteiger partial charge on any atom is -0.493 e. The summed E-state index contributed by atoms with van der Waals surface area (Å²) in [5, 5.41) is 0. The highest BCUT2D eigenvalue weighted by Gasteiger charge is 2.14. The molecule has 0 bridgehead atoms. The number of thioether (sulfide) groups is 1. The molecule has 32 heavy (non-hydrogen) atoms. The van der Waals surface area contributed by atoms with Crippen LogP contribution in [0.3, 0.4) is 0 Å². The highest BCUT2D eigenvalue weighted by atomic mass is 32.2. The van der Waals surface area contributed by atoms with Gasteiger partial charge in [0.25, 0.3) is 0 Å². The van der Waals surface area contributed by atoms with Crippen LogP contribution in [0.2, 0.25) is 0 Å². The van der Waals surface area contributed by atoms with Gasteiger partial charge in [0, 0.05) is 20.8 Å². The Labute approximate surface area is 199 Å². The second-order valence-corrected chi connectivity index (χ2v) is 11.2. The third-order valence-corrected chi connectivity index (χ3v) is 6.24. The summed E-state index contributed by atoms with van der Waals surface area (Å²) in [7, 11) is 0. The van der Waals surface area contributed by atoms with E-state index in [4.69, 9.17) is 4.74 Å². The monoisotopic (exact) mass is 452 g/mol. The Hall–Kier alpha value is -2.00. The molecule has 0 aliphatic heterocycles. The van der Waals surface area contributed by atoms with Gasteiger partial charge in [0.1, 0.15) is 5.75 Å². The van der Waals surface area contributed by atoms with Gasteiger partial charge in [0.15, 0.2) is 5.78 Å². The van der Waals surface area contributed by atoms with Gasteiger partial charge in [0.2, 0.25) is 0 Å². The van der Waals surface area contributed by atoms with Crippen LogP contribution < -0.4 is 4.74 Å². The van der Waals surface area contributed by atoms with E-state index in [9.17, 15) is 4.79 Å². The van der Waals surface area contributed by atoms with Crippen LogP contribution in [0.1, 0.15) is 95.0 Å². The first-order chi connectivity index (χ1) is 15.4. The Balaban J connectivity index is 1.97. The van der Waals surface area contributed by atoms with Crippen molar-refractivity contribution in [3.05, 3.63) is 65.7 Å². The topological polar surface area (TPSA) is 26.3 Å². The van der Waals surface area contributed by atoms with Crippen molar-refractivity contribution in [1.29, 1.82) is 0 Å². The van der Waals surface area contributed by atoms with Gasteiger partial charge in [-0.1, -0.05) is 109 Å². The average Bonchev–Trinajstić information content (AvgIpc) is 2.76. The zero-order valence-corrected chi connectivity index (χ0v) is 21.2. The number of ether oxygens (including phenoxy) is 1. The molecule has 0 aliphatic rings. The van der Waals surface area contributed by atoms with Crippen molar-refractivity contribution in [3.63, 3.8) is 0 Å². The Morgan fingerprint density at radius 2 is 1.56 bits per heavy atom. The lowest BCUT2D eigenvalue weighted by Gasteiger charge is -2.19. The van der Waals surface area contributed by atoms with E-state index in [0.717, 1.165) is 17.7 Å². The number of ketones is 1. The maximum Gasteiger partial charge on any atom is 0.185 e. The molecule has 0 aliphatic carbocycles. The molecule has 2 rings (SSSR count). The number of carbonyl (C=O) groups is 1. The quantitative estimate of drug-likeness (QED) is 0.124. The molecule has 2 aromatic carbocycles. The van der Waals surface area contributed by atoms with Crippen molar-refractivity contribution in [2.45, 2.75) is 88.7 Å². The largest absolute Gasteiger partial charge is 0.493 e. The van der Waals surface area contributed by atoms with Gasteiger partial charge in [0.05, 0.1) is 6.61 Å². The fourth-order valence-electron chi connectivity index (χ4n) is 3.48. The number of unbranched alkanes of at least 4 members (excludes halogenated alkanes) is 7. The van der Waals surface area contributed by atoms with Crippen LogP contribution in [0.15, 0.2) is 59.5 Å². The Kier molecular flexibility index (Phi) is 11.7. The summed E-state index contributed by atoms with van der Waals surface area (Å²) in [5.74, 6) is 0.868. The summed E-state index contributed by atoms with van der Waals surface area (Å²) in [6.07, 6.45) is 13.8. The normalized spacial score (nSPS) is 11.8. The summed E-state index contributed by atoms with van der Waals surface area (Å²) in [4.78, 5) is 13.7. The molecule has 0 aromatic heterocycles. The number of hydrogen-bond acceptors (Lipinski definition) is 3. The van der Waals surface area contributed by atoms with E-state index < -0.39 is 0 Å². The van der Waals surface area contributed by atoms with Gasteiger partial charge in [-0.2, -0.15) is 0 Å². The third kappa shape index (κ3) is 10.5. The van der Waals surface area contributed by atoms with Gasteiger partial charge in [-0.05, 0) is 30.7 Å². The van der Waals surface area contributed by atoms with E-state index >= 15 is 0 Å². The van der Waals surface area contributed by atoms with E-state index in [1.807, 2.05) is 48.2 Å². The van der Waals surface area contributed by atoms with Gasteiger partial charge in [-0.15, -0.1) is 11.8 Å². The first-order valence-corrected chi connectivity index (χ1v) is 12.9. The zero-order valence-electron chi connectivity index (χ0n) is 20.4. The molecule has 0 saturated carbocycles. The van der Waals surface area contributed by atoms with Crippen LogP contribution in [0.25, 0.3) is 6.08 Å². The number of rotatable bonds is 14. The molecule has 0 heterocycles. The molecular formula is C29H40O2S. The highest BCUT2D eigenvalue weighted by molar-refractivity contribution is 8.00. The number of allylic oxidation sites excluding steroid dienone is 1. The molecule has 2 nitrogen and oxygen atoms in total. The Morgan fingerprint density at radius 1 is 0.906 bits per heavy atom. The summed E-state index contributed by atoms with van der Waals surface area (Å²) >= 11 is 1.83. The molecule has 2 aromatic rings. The first kappa shape index (κ1) is 26.3. The molecule has 0 unspecified atom stereocenters. The van der Waals surface area contributed by atoms with Crippen LogP contribution in [0.4, 0.5) is 0 Å².